The molecule has 0 radical (unpaired) electrons. The molecule has 0 amide bonds. The highest BCUT2D eigenvalue weighted by atomic mass is 16.5. The van der Waals surface area contributed by atoms with Crippen molar-refractivity contribution >= 4 is 11.9 Å². The zero-order valence-corrected chi connectivity index (χ0v) is 21.2. The maximum Gasteiger partial charge on any atom is 0.330 e. The van der Waals surface area contributed by atoms with Gasteiger partial charge in [-0.15, -0.1) is 0 Å². The number of ether oxygens (including phenoxy) is 2. The highest BCUT2D eigenvalue weighted by Crippen LogP contribution is 2.30. The quantitative estimate of drug-likeness (QED) is 0.106. The van der Waals surface area contributed by atoms with Crippen LogP contribution in [0, 0.1) is 5.92 Å². The number of hydrogen-bond donors (Lipinski definition) is 4. The van der Waals surface area contributed by atoms with Gasteiger partial charge in [-0.25, -0.2) is 4.79 Å². The maximum atomic E-state index is 12.0. The zero-order valence-electron chi connectivity index (χ0n) is 21.2. The van der Waals surface area contributed by atoms with Crippen molar-refractivity contribution in [3.63, 3.8) is 0 Å². The van der Waals surface area contributed by atoms with Crippen molar-refractivity contribution < 1.29 is 44.6 Å². The van der Waals surface area contributed by atoms with Gasteiger partial charge in [-0.05, 0) is 51.9 Å². The predicted octanol–water partition coefficient (Wildman–Crippen LogP) is 1.16. The van der Waals surface area contributed by atoms with Crippen molar-refractivity contribution in [3.05, 3.63) is 23.8 Å². The summed E-state index contributed by atoms with van der Waals surface area (Å²) in [5.41, 5.74) is -1.02. The largest absolute Gasteiger partial charge is 0.550 e. The molecule has 0 aliphatic carbocycles. The number of aliphatic carboxylic acids is 1. The molecule has 6 atom stereocenters. The lowest BCUT2D eigenvalue weighted by Crippen LogP contribution is -2.61. The molecule has 1 rings (SSSR count). The number of aliphatic hydroxyl groups is 4. The standard InChI is InChI=1S/C26H44O9/c1-18(16-23(30)34-14-9-7-5-4-6-8-12-22(28)29)15-21-24(31)25(32)26(33,17-35-21)13-10-11-19(2)20(3)27/h10-11,16,19-21,24-25,27,31-33H,4-9,12-15,17H2,1-3H3,(H,28,29)/p-1/b11-10+,18-16+/t19-,20+,21+,24+,25+,26-/m1/s1. The lowest BCUT2D eigenvalue weighted by molar-refractivity contribution is -0.305. The van der Waals surface area contributed by atoms with Gasteiger partial charge in [0.15, 0.2) is 0 Å². The SMILES string of the molecule is C/C(=C\C(=O)OCCCCCCCCC(=O)[O-])C[C@@H]1OC[C@](O)(C/C=C/[C@@H](C)[C@H](C)O)[C@@H](O)[C@H]1O. The van der Waals surface area contributed by atoms with Crippen LogP contribution in [0.25, 0.3) is 0 Å². The summed E-state index contributed by atoms with van der Waals surface area (Å²) < 4.78 is 10.8. The number of rotatable bonds is 16. The van der Waals surface area contributed by atoms with Crippen molar-refractivity contribution in [1.82, 2.24) is 0 Å². The Hall–Kier alpha value is -1.78. The van der Waals surface area contributed by atoms with Crippen LogP contribution in [0.3, 0.4) is 0 Å². The van der Waals surface area contributed by atoms with E-state index in [4.69, 9.17) is 9.47 Å². The minimum absolute atomic E-state index is 0.0654. The molecule has 1 aliphatic rings. The molecule has 4 N–H and O–H groups in total. The molecule has 9 heteroatoms. The first kappa shape index (κ1) is 31.3. The van der Waals surface area contributed by atoms with Crippen LogP contribution in [0.15, 0.2) is 23.8 Å². The summed E-state index contributed by atoms with van der Waals surface area (Å²) in [7, 11) is 0. The van der Waals surface area contributed by atoms with Crippen molar-refractivity contribution in [2.24, 2.45) is 5.92 Å². The van der Waals surface area contributed by atoms with Crippen LogP contribution < -0.4 is 5.11 Å². The second-order valence-electron chi connectivity index (χ2n) is 9.73. The highest BCUT2D eigenvalue weighted by molar-refractivity contribution is 5.82. The topological polar surface area (TPSA) is 157 Å². The Labute approximate surface area is 208 Å². The minimum atomic E-state index is -1.64. The van der Waals surface area contributed by atoms with Gasteiger partial charge < -0.3 is 39.8 Å². The van der Waals surface area contributed by atoms with Crippen LogP contribution in [0.1, 0.15) is 78.6 Å². The summed E-state index contributed by atoms with van der Waals surface area (Å²) in [5.74, 6) is -1.62. The van der Waals surface area contributed by atoms with E-state index in [0.717, 1.165) is 32.1 Å². The van der Waals surface area contributed by atoms with Gasteiger partial charge in [-0.1, -0.05) is 50.3 Å². The van der Waals surface area contributed by atoms with E-state index in [0.29, 0.717) is 12.0 Å². The Morgan fingerprint density at radius 2 is 1.77 bits per heavy atom. The third-order valence-electron chi connectivity index (χ3n) is 6.38. The van der Waals surface area contributed by atoms with E-state index in [1.165, 1.54) is 6.08 Å². The lowest BCUT2D eigenvalue weighted by Gasteiger charge is -2.43. The van der Waals surface area contributed by atoms with E-state index < -0.39 is 42.0 Å². The Balaban J connectivity index is 2.36. The van der Waals surface area contributed by atoms with Gasteiger partial charge >= 0.3 is 5.97 Å². The average Bonchev–Trinajstić information content (AvgIpc) is 2.78. The molecule has 0 bridgehead atoms. The third kappa shape index (κ3) is 12.1. The first-order valence-corrected chi connectivity index (χ1v) is 12.5. The fourth-order valence-corrected chi connectivity index (χ4v) is 3.83. The normalized spacial score (nSPS) is 27.1. The lowest BCUT2D eigenvalue weighted by atomic mass is 9.83. The van der Waals surface area contributed by atoms with E-state index in [-0.39, 0.29) is 38.4 Å². The van der Waals surface area contributed by atoms with E-state index in [2.05, 4.69) is 0 Å². The fourth-order valence-electron chi connectivity index (χ4n) is 3.83. The first-order valence-electron chi connectivity index (χ1n) is 12.5. The van der Waals surface area contributed by atoms with Crippen LogP contribution in [-0.2, 0) is 19.1 Å². The first-order chi connectivity index (χ1) is 16.5. The highest BCUT2D eigenvalue weighted by Gasteiger charge is 2.47. The zero-order chi connectivity index (χ0) is 26.4. The summed E-state index contributed by atoms with van der Waals surface area (Å²) in [6.07, 6.45) is 5.98. The Bertz CT molecular complexity index is 703. The van der Waals surface area contributed by atoms with Crippen LogP contribution in [0.2, 0.25) is 0 Å². The van der Waals surface area contributed by atoms with Gasteiger partial charge in [0.1, 0.15) is 17.8 Å². The number of hydrogen-bond acceptors (Lipinski definition) is 9. The molecule has 0 aromatic heterocycles. The Morgan fingerprint density at radius 1 is 1.14 bits per heavy atom. The molecule has 9 nitrogen and oxygen atoms in total. The molecule has 0 saturated carbocycles. The molecule has 0 unspecified atom stereocenters. The summed E-state index contributed by atoms with van der Waals surface area (Å²) in [6, 6.07) is 0. The van der Waals surface area contributed by atoms with Crippen LogP contribution >= 0.6 is 0 Å². The number of carbonyl (C=O) groups is 2. The Morgan fingerprint density at radius 3 is 2.40 bits per heavy atom. The summed E-state index contributed by atoms with van der Waals surface area (Å²) in [5, 5.41) is 51.6. The minimum Gasteiger partial charge on any atom is -0.550 e. The van der Waals surface area contributed by atoms with Crippen molar-refractivity contribution in [2.45, 2.75) is 109 Å². The predicted molar refractivity (Wildman–Crippen MR) is 128 cm³/mol. The van der Waals surface area contributed by atoms with Crippen LogP contribution in [-0.4, -0.2) is 75.6 Å². The van der Waals surface area contributed by atoms with Gasteiger partial charge in [0.25, 0.3) is 0 Å². The van der Waals surface area contributed by atoms with Gasteiger partial charge in [0.2, 0.25) is 0 Å². The van der Waals surface area contributed by atoms with E-state index in [1.807, 2.05) is 6.92 Å². The molecular formula is C26H43O9-. The van der Waals surface area contributed by atoms with Gasteiger partial charge in [0.05, 0.1) is 25.4 Å². The molecule has 0 spiro atoms. The van der Waals surface area contributed by atoms with Gasteiger partial charge in [0, 0.05) is 12.0 Å². The third-order valence-corrected chi connectivity index (χ3v) is 6.38. The number of aliphatic hydroxyl groups excluding tert-OH is 3. The van der Waals surface area contributed by atoms with Gasteiger partial charge in [-0.2, -0.15) is 0 Å². The molecular weight excluding hydrogens is 456 g/mol. The van der Waals surface area contributed by atoms with Crippen LogP contribution in [0.5, 0.6) is 0 Å². The molecule has 1 fully saturated rings. The monoisotopic (exact) mass is 499 g/mol. The molecule has 1 heterocycles. The molecule has 1 aliphatic heterocycles. The van der Waals surface area contributed by atoms with E-state index in [9.17, 15) is 35.1 Å². The molecule has 1 saturated heterocycles. The smallest absolute Gasteiger partial charge is 0.330 e. The Kier molecular flexibility index (Phi) is 14.3. The molecule has 0 aromatic rings. The van der Waals surface area contributed by atoms with Crippen LogP contribution in [0.4, 0.5) is 0 Å². The average molecular weight is 500 g/mol. The number of carboxylic acid groups (broad SMARTS) is 1. The van der Waals surface area contributed by atoms with Crippen molar-refractivity contribution in [3.8, 4) is 0 Å². The summed E-state index contributed by atoms with van der Waals surface area (Å²) in [6.45, 7) is 5.31. The summed E-state index contributed by atoms with van der Waals surface area (Å²) >= 11 is 0. The maximum absolute atomic E-state index is 12.0. The van der Waals surface area contributed by atoms with Crippen molar-refractivity contribution in [1.29, 1.82) is 0 Å². The summed E-state index contributed by atoms with van der Waals surface area (Å²) in [4.78, 5) is 22.4. The van der Waals surface area contributed by atoms with Crippen molar-refractivity contribution in [2.75, 3.05) is 13.2 Å². The number of unbranched alkanes of at least 4 members (excludes halogenated alkanes) is 5. The number of carboxylic acids is 1. The number of carbonyl (C=O) groups excluding carboxylic acids is 2. The molecule has 35 heavy (non-hydrogen) atoms. The van der Waals surface area contributed by atoms with E-state index >= 15 is 0 Å². The number of esters is 1. The van der Waals surface area contributed by atoms with Gasteiger partial charge in [-0.3, -0.25) is 0 Å². The second-order valence-corrected chi connectivity index (χ2v) is 9.73. The molecule has 0 aromatic carbocycles. The molecule has 202 valence electrons. The van der Waals surface area contributed by atoms with E-state index in [1.54, 1.807) is 26.0 Å². The second kappa shape index (κ2) is 16.1. The fraction of sp³-hybridized carbons (Fsp3) is 0.769.